The Bertz CT molecular complexity index is 182. The van der Waals surface area contributed by atoms with Crippen molar-refractivity contribution in [2.24, 2.45) is 17.3 Å². The van der Waals surface area contributed by atoms with Crippen LogP contribution in [0.15, 0.2) is 0 Å². The molecule has 96 valence electrons. The molecule has 1 aliphatic rings. The van der Waals surface area contributed by atoms with E-state index in [9.17, 15) is 0 Å². The van der Waals surface area contributed by atoms with Crippen LogP contribution >= 0.6 is 0 Å². The van der Waals surface area contributed by atoms with E-state index in [-0.39, 0.29) is 0 Å². The zero-order valence-electron chi connectivity index (χ0n) is 12.1. The molecule has 0 atom stereocenters. The Morgan fingerprint density at radius 1 is 1.12 bits per heavy atom. The summed E-state index contributed by atoms with van der Waals surface area (Å²) in [5, 5.41) is 0. The molecule has 1 rings (SSSR count). The lowest BCUT2D eigenvalue weighted by molar-refractivity contribution is 0.131. The predicted octanol–water partition coefficient (Wildman–Crippen LogP) is 4.18. The Morgan fingerprint density at radius 2 is 1.69 bits per heavy atom. The molecule has 0 aromatic heterocycles. The summed E-state index contributed by atoms with van der Waals surface area (Å²) in [6.07, 6.45) is 5.75. The highest BCUT2D eigenvalue weighted by atomic mass is 15.1. The van der Waals surface area contributed by atoms with Gasteiger partial charge in [-0.2, -0.15) is 0 Å². The largest absolute Gasteiger partial charge is 0.303 e. The van der Waals surface area contributed by atoms with Gasteiger partial charge in [0.25, 0.3) is 0 Å². The fraction of sp³-hybridized carbons (Fsp3) is 1.00. The van der Waals surface area contributed by atoms with Gasteiger partial charge in [0.15, 0.2) is 0 Å². The molecule has 0 unspecified atom stereocenters. The molecule has 0 bridgehead atoms. The van der Waals surface area contributed by atoms with E-state index in [0.29, 0.717) is 5.41 Å². The van der Waals surface area contributed by atoms with Gasteiger partial charge in [-0.05, 0) is 43.2 Å². The van der Waals surface area contributed by atoms with E-state index >= 15 is 0 Å². The van der Waals surface area contributed by atoms with Crippen LogP contribution in [0.1, 0.15) is 60.3 Å². The van der Waals surface area contributed by atoms with Gasteiger partial charge >= 0.3 is 0 Å². The maximum Gasteiger partial charge on any atom is 0.00300 e. The van der Waals surface area contributed by atoms with Crippen LogP contribution < -0.4 is 0 Å². The standard InChI is InChI=1S/C15H31N/c1-13(2)6-7-14-8-10-16(11-9-14)12-15(3,4)5/h13-14H,6-12H2,1-5H3. The minimum atomic E-state index is 0.463. The molecule has 0 radical (unpaired) electrons. The van der Waals surface area contributed by atoms with E-state index in [1.54, 1.807) is 0 Å². The van der Waals surface area contributed by atoms with Crippen LogP contribution in [0.2, 0.25) is 0 Å². The predicted molar refractivity (Wildman–Crippen MR) is 72.7 cm³/mol. The van der Waals surface area contributed by atoms with Crippen LogP contribution in [-0.2, 0) is 0 Å². The molecule has 1 nitrogen and oxygen atoms in total. The summed E-state index contributed by atoms with van der Waals surface area (Å²) < 4.78 is 0. The Hall–Kier alpha value is -0.0400. The highest BCUT2D eigenvalue weighted by Gasteiger charge is 2.22. The first-order valence-electron chi connectivity index (χ1n) is 7.09. The van der Waals surface area contributed by atoms with E-state index in [0.717, 1.165) is 11.8 Å². The zero-order valence-corrected chi connectivity index (χ0v) is 12.1. The van der Waals surface area contributed by atoms with E-state index < -0.39 is 0 Å². The van der Waals surface area contributed by atoms with Crippen molar-refractivity contribution in [3.63, 3.8) is 0 Å². The highest BCUT2D eigenvalue weighted by Crippen LogP contribution is 2.25. The van der Waals surface area contributed by atoms with Crippen LogP contribution in [0, 0.1) is 17.3 Å². The number of hydrogen-bond donors (Lipinski definition) is 0. The second-order valence-electron chi connectivity index (χ2n) is 7.25. The summed E-state index contributed by atoms with van der Waals surface area (Å²) >= 11 is 0. The summed E-state index contributed by atoms with van der Waals surface area (Å²) in [6.45, 7) is 15.7. The fourth-order valence-electron chi connectivity index (χ4n) is 2.67. The van der Waals surface area contributed by atoms with Gasteiger partial charge in [0, 0.05) is 6.54 Å². The summed E-state index contributed by atoms with van der Waals surface area (Å²) in [4.78, 5) is 2.66. The minimum Gasteiger partial charge on any atom is -0.303 e. The lowest BCUT2D eigenvalue weighted by Crippen LogP contribution is -2.39. The van der Waals surface area contributed by atoms with Crippen molar-refractivity contribution >= 4 is 0 Å². The van der Waals surface area contributed by atoms with Crippen LogP contribution in [-0.4, -0.2) is 24.5 Å². The topological polar surface area (TPSA) is 3.24 Å². The Kier molecular flexibility index (Phi) is 5.30. The molecule has 1 heteroatoms. The number of piperidine rings is 1. The average Bonchev–Trinajstić information content (AvgIpc) is 2.14. The summed E-state index contributed by atoms with van der Waals surface area (Å²) in [5.74, 6) is 1.89. The highest BCUT2D eigenvalue weighted by molar-refractivity contribution is 4.76. The van der Waals surface area contributed by atoms with Crippen LogP contribution in [0.3, 0.4) is 0 Å². The molecule has 0 amide bonds. The third-order valence-electron chi connectivity index (χ3n) is 3.56. The quantitative estimate of drug-likeness (QED) is 0.694. The lowest BCUT2D eigenvalue weighted by Gasteiger charge is -2.36. The van der Waals surface area contributed by atoms with Crippen LogP contribution in [0.25, 0.3) is 0 Å². The molecule has 0 aromatic rings. The maximum absolute atomic E-state index is 2.66. The lowest BCUT2D eigenvalue weighted by atomic mass is 9.88. The SMILES string of the molecule is CC(C)CCC1CCN(CC(C)(C)C)CC1. The Labute approximate surface area is 103 Å². The first-order chi connectivity index (χ1) is 7.37. The second kappa shape index (κ2) is 6.05. The number of likely N-dealkylation sites (tertiary alicyclic amines) is 1. The van der Waals surface area contributed by atoms with Crippen LogP contribution in [0.4, 0.5) is 0 Å². The molecular formula is C15H31N. The van der Waals surface area contributed by atoms with Crippen molar-refractivity contribution in [2.75, 3.05) is 19.6 Å². The van der Waals surface area contributed by atoms with Crippen LogP contribution in [0.5, 0.6) is 0 Å². The minimum absolute atomic E-state index is 0.463. The molecule has 0 spiro atoms. The van der Waals surface area contributed by atoms with Gasteiger partial charge in [0.1, 0.15) is 0 Å². The van der Waals surface area contributed by atoms with Crippen molar-refractivity contribution in [1.82, 2.24) is 4.90 Å². The molecule has 0 saturated carbocycles. The third-order valence-corrected chi connectivity index (χ3v) is 3.56. The molecule has 1 heterocycles. The molecule has 0 N–H and O–H groups in total. The smallest absolute Gasteiger partial charge is 0.00300 e. The maximum atomic E-state index is 2.66. The van der Waals surface area contributed by atoms with E-state index in [2.05, 4.69) is 39.5 Å². The molecule has 1 fully saturated rings. The van der Waals surface area contributed by atoms with Gasteiger partial charge in [-0.3, -0.25) is 0 Å². The third kappa shape index (κ3) is 5.89. The van der Waals surface area contributed by atoms with E-state index in [1.165, 1.54) is 45.3 Å². The van der Waals surface area contributed by atoms with E-state index in [1.807, 2.05) is 0 Å². The van der Waals surface area contributed by atoms with Gasteiger partial charge in [0.2, 0.25) is 0 Å². The Morgan fingerprint density at radius 3 is 2.12 bits per heavy atom. The van der Waals surface area contributed by atoms with Gasteiger partial charge in [0.05, 0.1) is 0 Å². The van der Waals surface area contributed by atoms with Crippen molar-refractivity contribution < 1.29 is 0 Å². The molecule has 0 aliphatic carbocycles. The van der Waals surface area contributed by atoms with Crippen molar-refractivity contribution in [3.8, 4) is 0 Å². The number of rotatable bonds is 4. The molecule has 1 aliphatic heterocycles. The van der Waals surface area contributed by atoms with Crippen molar-refractivity contribution in [3.05, 3.63) is 0 Å². The fourth-order valence-corrected chi connectivity index (χ4v) is 2.67. The first kappa shape index (κ1) is 14.0. The van der Waals surface area contributed by atoms with Gasteiger partial charge in [-0.15, -0.1) is 0 Å². The van der Waals surface area contributed by atoms with Gasteiger partial charge < -0.3 is 4.90 Å². The molecule has 1 saturated heterocycles. The monoisotopic (exact) mass is 225 g/mol. The zero-order chi connectivity index (χ0) is 12.2. The summed E-state index contributed by atoms with van der Waals surface area (Å²) in [5.41, 5.74) is 0.463. The summed E-state index contributed by atoms with van der Waals surface area (Å²) in [6, 6.07) is 0. The molecule has 0 aromatic carbocycles. The normalized spacial score (nSPS) is 20.6. The number of hydrogen-bond acceptors (Lipinski definition) is 1. The number of nitrogens with zero attached hydrogens (tertiary/aromatic N) is 1. The Balaban J connectivity index is 2.18. The molecular weight excluding hydrogens is 194 g/mol. The van der Waals surface area contributed by atoms with E-state index in [4.69, 9.17) is 0 Å². The van der Waals surface area contributed by atoms with Crippen molar-refractivity contribution in [2.45, 2.75) is 60.3 Å². The van der Waals surface area contributed by atoms with Gasteiger partial charge in [-0.25, -0.2) is 0 Å². The second-order valence-corrected chi connectivity index (χ2v) is 7.25. The molecule has 16 heavy (non-hydrogen) atoms. The first-order valence-corrected chi connectivity index (χ1v) is 7.09. The van der Waals surface area contributed by atoms with Gasteiger partial charge in [-0.1, -0.05) is 47.5 Å². The average molecular weight is 225 g/mol. The summed E-state index contributed by atoms with van der Waals surface area (Å²) in [7, 11) is 0. The van der Waals surface area contributed by atoms with Crippen molar-refractivity contribution in [1.29, 1.82) is 0 Å².